The van der Waals surface area contributed by atoms with Crippen LogP contribution in [0.4, 0.5) is 10.7 Å². The zero-order chi connectivity index (χ0) is 19.3. The number of nitrogens with zero attached hydrogens (tertiary/aromatic N) is 5. The van der Waals surface area contributed by atoms with E-state index < -0.39 is 6.04 Å². The van der Waals surface area contributed by atoms with Crippen molar-refractivity contribution in [2.75, 3.05) is 13.6 Å². The summed E-state index contributed by atoms with van der Waals surface area (Å²) in [6, 6.07) is 2.77. The van der Waals surface area contributed by atoms with E-state index >= 15 is 0 Å². The molecule has 3 amide bonds. The van der Waals surface area contributed by atoms with E-state index in [1.807, 2.05) is 48.1 Å². The molecule has 1 atom stereocenters. The smallest absolute Gasteiger partial charge is 0.402 e. The highest BCUT2D eigenvalue weighted by molar-refractivity contribution is 6.20. The van der Waals surface area contributed by atoms with Crippen LogP contribution in [-0.4, -0.2) is 45.7 Å². The number of urea groups is 1. The average Bonchev–Trinajstić information content (AvgIpc) is 3.35. The summed E-state index contributed by atoms with van der Waals surface area (Å²) in [5.74, 6) is 1.67. The first-order chi connectivity index (χ1) is 13.0. The second kappa shape index (κ2) is 6.22. The summed E-state index contributed by atoms with van der Waals surface area (Å²) >= 11 is 0. The lowest BCUT2D eigenvalue weighted by Crippen LogP contribution is -2.57. The van der Waals surface area contributed by atoms with Crippen LogP contribution in [0.1, 0.15) is 30.1 Å². The van der Waals surface area contributed by atoms with Crippen LogP contribution in [0.5, 0.6) is 0 Å². The van der Waals surface area contributed by atoms with E-state index in [1.54, 1.807) is 19.4 Å². The highest BCUT2D eigenvalue weighted by Gasteiger charge is 2.53. The molecule has 1 fully saturated rings. The summed E-state index contributed by atoms with van der Waals surface area (Å²) in [5, 5.41) is 0. The first-order valence-electron chi connectivity index (χ1n) is 8.88. The van der Waals surface area contributed by atoms with Gasteiger partial charge < -0.3 is 4.42 Å². The topological polar surface area (TPSA) is 74.9 Å². The van der Waals surface area contributed by atoms with E-state index in [0.717, 1.165) is 17.1 Å². The molecule has 0 aromatic carbocycles. The van der Waals surface area contributed by atoms with Gasteiger partial charge in [0.05, 0.1) is 6.26 Å². The average molecular weight is 368 g/mol. The van der Waals surface area contributed by atoms with Crippen LogP contribution in [-0.2, 0) is 11.3 Å². The second-order valence-electron chi connectivity index (χ2n) is 6.74. The Morgan fingerprint density at radius 1 is 1.33 bits per heavy atom. The molecule has 140 valence electrons. The van der Waals surface area contributed by atoms with Crippen molar-refractivity contribution in [1.82, 2.24) is 14.4 Å². The van der Waals surface area contributed by atoms with Crippen molar-refractivity contribution in [3.05, 3.63) is 47.7 Å². The SMILES string of the molecule is C/C=C/CN1C(=O)C2C(=Nc3n2c(C)c(C)[n+]3Cc2ccco2)N(C)C1=O. The summed E-state index contributed by atoms with van der Waals surface area (Å²) in [7, 11) is 1.66. The van der Waals surface area contributed by atoms with Crippen molar-refractivity contribution in [1.29, 1.82) is 0 Å². The highest BCUT2D eigenvalue weighted by Crippen LogP contribution is 2.35. The molecular weight excluding hydrogens is 346 g/mol. The van der Waals surface area contributed by atoms with E-state index in [4.69, 9.17) is 4.42 Å². The fraction of sp³-hybridized carbons (Fsp3) is 0.368. The van der Waals surface area contributed by atoms with Crippen LogP contribution in [0.15, 0.2) is 40.0 Å². The fourth-order valence-corrected chi connectivity index (χ4v) is 3.63. The molecule has 2 aliphatic heterocycles. The number of imidazole rings is 1. The van der Waals surface area contributed by atoms with Crippen molar-refractivity contribution < 1.29 is 18.6 Å². The Kier molecular flexibility index (Phi) is 3.98. The van der Waals surface area contributed by atoms with Crippen LogP contribution in [0.3, 0.4) is 0 Å². The summed E-state index contributed by atoms with van der Waals surface area (Å²) < 4.78 is 9.41. The van der Waals surface area contributed by atoms with E-state index in [2.05, 4.69) is 4.99 Å². The zero-order valence-electron chi connectivity index (χ0n) is 15.8. The van der Waals surface area contributed by atoms with Crippen LogP contribution in [0, 0.1) is 13.8 Å². The number of amides is 3. The minimum absolute atomic E-state index is 0.253. The Bertz CT molecular complexity index is 984. The maximum atomic E-state index is 13.1. The lowest BCUT2D eigenvalue weighted by molar-refractivity contribution is -0.682. The Labute approximate surface area is 157 Å². The molecule has 0 bridgehead atoms. The van der Waals surface area contributed by atoms with Crippen LogP contribution < -0.4 is 4.57 Å². The van der Waals surface area contributed by atoms with Gasteiger partial charge in [0.25, 0.3) is 5.91 Å². The minimum atomic E-state index is -0.621. The van der Waals surface area contributed by atoms with E-state index in [1.165, 1.54) is 9.80 Å². The zero-order valence-corrected chi connectivity index (χ0v) is 15.8. The van der Waals surface area contributed by atoms with Gasteiger partial charge in [-0.1, -0.05) is 17.1 Å². The van der Waals surface area contributed by atoms with Gasteiger partial charge in [0.2, 0.25) is 11.9 Å². The molecule has 0 spiro atoms. The highest BCUT2D eigenvalue weighted by atomic mass is 16.3. The van der Waals surface area contributed by atoms with Crippen molar-refractivity contribution in [3.8, 4) is 0 Å². The number of furan rings is 1. The number of imide groups is 1. The molecule has 2 aromatic rings. The predicted molar refractivity (Wildman–Crippen MR) is 97.7 cm³/mol. The molecule has 2 aliphatic rings. The number of hydrogen-bond donors (Lipinski definition) is 0. The van der Waals surface area contributed by atoms with Gasteiger partial charge in [-0.2, -0.15) is 0 Å². The molecule has 1 saturated heterocycles. The van der Waals surface area contributed by atoms with Gasteiger partial charge in [0.15, 0.2) is 0 Å². The molecule has 0 radical (unpaired) electrons. The normalized spacial score (nSPS) is 19.1. The molecule has 8 heteroatoms. The number of carbonyl (C=O) groups excluding carboxylic acids is 2. The summed E-state index contributed by atoms with van der Waals surface area (Å²) in [6.07, 6.45) is 5.26. The van der Waals surface area contributed by atoms with E-state index in [-0.39, 0.29) is 18.5 Å². The molecule has 0 aliphatic carbocycles. The molecule has 27 heavy (non-hydrogen) atoms. The number of fused-ring (bicyclic) bond motifs is 3. The maximum Gasteiger partial charge on any atom is 0.402 e. The van der Waals surface area contributed by atoms with Gasteiger partial charge in [-0.3, -0.25) is 14.6 Å². The van der Waals surface area contributed by atoms with Crippen molar-refractivity contribution in [3.63, 3.8) is 0 Å². The molecular formula is C19H22N5O3+. The monoisotopic (exact) mass is 368 g/mol. The fourth-order valence-electron chi connectivity index (χ4n) is 3.63. The van der Waals surface area contributed by atoms with Crippen LogP contribution in [0.2, 0.25) is 0 Å². The molecule has 8 nitrogen and oxygen atoms in total. The maximum absolute atomic E-state index is 13.1. The third kappa shape index (κ3) is 2.43. The van der Waals surface area contributed by atoms with Gasteiger partial charge in [-0.05, 0) is 32.9 Å². The number of hydrogen-bond acceptors (Lipinski definition) is 4. The van der Waals surface area contributed by atoms with Gasteiger partial charge >= 0.3 is 12.0 Å². The largest absolute Gasteiger partial charge is 0.466 e. The quantitative estimate of drug-likeness (QED) is 0.613. The van der Waals surface area contributed by atoms with Crippen molar-refractivity contribution in [2.45, 2.75) is 33.4 Å². The first kappa shape index (κ1) is 17.3. The van der Waals surface area contributed by atoms with Gasteiger partial charge in [-0.25, -0.2) is 13.9 Å². The third-order valence-corrected chi connectivity index (χ3v) is 5.24. The number of aliphatic imine (C=N–C) groups is 1. The number of rotatable bonds is 4. The Morgan fingerprint density at radius 3 is 2.78 bits per heavy atom. The minimum Gasteiger partial charge on any atom is -0.466 e. The van der Waals surface area contributed by atoms with E-state index in [9.17, 15) is 9.59 Å². The summed E-state index contributed by atoms with van der Waals surface area (Å²) in [4.78, 5) is 33.2. The standard InChI is InChI=1S/C19H22N5O3/c1-5-6-9-22-17(25)15-16(21(4)19(22)26)20-18-23(11-14-8-7-10-27-14)12(2)13(3)24(15)18/h5-8,10,15H,9,11H2,1-4H3/q+1/b6-5+. The molecule has 0 N–H and O–H groups in total. The lowest BCUT2D eigenvalue weighted by Gasteiger charge is -2.32. The first-order valence-corrected chi connectivity index (χ1v) is 8.88. The van der Waals surface area contributed by atoms with Crippen molar-refractivity contribution in [2.24, 2.45) is 4.99 Å². The number of likely N-dealkylation sites (N-methyl/N-ethyl adjacent to an activating group) is 1. The van der Waals surface area contributed by atoms with Gasteiger partial charge in [-0.15, -0.1) is 0 Å². The van der Waals surface area contributed by atoms with Crippen LogP contribution >= 0.6 is 0 Å². The van der Waals surface area contributed by atoms with Crippen molar-refractivity contribution >= 4 is 23.7 Å². The molecule has 4 heterocycles. The summed E-state index contributed by atoms with van der Waals surface area (Å²) in [5.41, 5.74) is 1.96. The molecule has 4 rings (SSSR count). The van der Waals surface area contributed by atoms with Gasteiger partial charge in [0, 0.05) is 13.6 Å². The Balaban J connectivity index is 1.81. The second-order valence-corrected chi connectivity index (χ2v) is 6.74. The number of aromatic nitrogens is 2. The Morgan fingerprint density at radius 2 is 2.11 bits per heavy atom. The number of allylic oxidation sites excluding steroid dienone is 1. The molecule has 0 saturated carbocycles. The Hall–Kier alpha value is -3.16. The third-order valence-electron chi connectivity index (χ3n) is 5.24. The van der Waals surface area contributed by atoms with Crippen LogP contribution in [0.25, 0.3) is 0 Å². The van der Waals surface area contributed by atoms with Gasteiger partial charge in [0.1, 0.15) is 23.7 Å². The predicted octanol–water partition coefficient (Wildman–Crippen LogP) is 2.09. The van der Waals surface area contributed by atoms with E-state index in [0.29, 0.717) is 18.3 Å². The summed E-state index contributed by atoms with van der Waals surface area (Å²) in [6.45, 7) is 6.59. The lowest BCUT2D eigenvalue weighted by atomic mass is 10.1. The molecule has 1 unspecified atom stereocenters. The number of amidine groups is 1. The molecule has 2 aromatic heterocycles. The number of carbonyl (C=O) groups is 2.